The first-order chi connectivity index (χ1) is 11.0. The van der Waals surface area contributed by atoms with Gasteiger partial charge in [0.1, 0.15) is 6.04 Å². The Morgan fingerprint density at radius 3 is 2.48 bits per heavy atom. The summed E-state index contributed by atoms with van der Waals surface area (Å²) in [7, 11) is 0. The highest BCUT2D eigenvalue weighted by Gasteiger charge is 2.31. The van der Waals surface area contributed by atoms with Crippen molar-refractivity contribution in [3.8, 4) is 0 Å². The molecule has 1 atom stereocenters. The van der Waals surface area contributed by atoms with Crippen LogP contribution in [0.3, 0.4) is 0 Å². The molecule has 1 aliphatic rings. The minimum Gasteiger partial charge on any atom is -0.459 e. The monoisotopic (exact) mass is 321 g/mol. The van der Waals surface area contributed by atoms with E-state index in [2.05, 4.69) is 17.1 Å². The van der Waals surface area contributed by atoms with Crippen molar-refractivity contribution in [2.45, 2.75) is 33.2 Å². The van der Waals surface area contributed by atoms with E-state index in [0.717, 1.165) is 39.1 Å². The third-order valence-corrected chi connectivity index (χ3v) is 4.19. The predicted octanol–water partition coefficient (Wildman–Crippen LogP) is 1.59. The van der Waals surface area contributed by atoms with Gasteiger partial charge < -0.3 is 14.6 Å². The molecule has 0 aliphatic carbocycles. The van der Waals surface area contributed by atoms with Crippen molar-refractivity contribution in [3.63, 3.8) is 0 Å². The van der Waals surface area contributed by atoms with Gasteiger partial charge in [-0.2, -0.15) is 0 Å². The summed E-state index contributed by atoms with van der Waals surface area (Å²) in [5.74, 6) is -0.0889. The molecule has 2 amide bonds. The maximum atomic E-state index is 12.8. The molecule has 2 rings (SSSR count). The molecule has 0 spiro atoms. The second-order valence-corrected chi connectivity index (χ2v) is 6.34. The quantitative estimate of drug-likeness (QED) is 0.864. The Morgan fingerprint density at radius 1 is 1.26 bits per heavy atom. The van der Waals surface area contributed by atoms with Gasteiger partial charge in [-0.05, 0) is 31.0 Å². The van der Waals surface area contributed by atoms with Crippen LogP contribution in [0, 0.1) is 5.92 Å². The van der Waals surface area contributed by atoms with Gasteiger partial charge in [-0.15, -0.1) is 0 Å². The van der Waals surface area contributed by atoms with Crippen LogP contribution < -0.4 is 5.32 Å². The van der Waals surface area contributed by atoms with Gasteiger partial charge in [0.25, 0.3) is 5.91 Å². The topological polar surface area (TPSA) is 65.8 Å². The molecule has 0 saturated carbocycles. The first-order valence-electron chi connectivity index (χ1n) is 8.38. The third-order valence-electron chi connectivity index (χ3n) is 4.19. The lowest BCUT2D eigenvalue weighted by atomic mass is 10.0. The first kappa shape index (κ1) is 17.5. The lowest BCUT2D eigenvalue weighted by Gasteiger charge is -2.37. The molecule has 0 radical (unpaired) electrons. The van der Waals surface area contributed by atoms with Crippen molar-refractivity contribution >= 4 is 11.8 Å². The van der Waals surface area contributed by atoms with E-state index in [-0.39, 0.29) is 23.5 Å². The summed E-state index contributed by atoms with van der Waals surface area (Å²) in [4.78, 5) is 29.2. The molecular weight excluding hydrogens is 294 g/mol. The lowest BCUT2D eigenvalue weighted by Crippen LogP contribution is -2.56. The zero-order valence-electron chi connectivity index (χ0n) is 14.2. The molecule has 1 saturated heterocycles. The van der Waals surface area contributed by atoms with Crippen LogP contribution in [0.4, 0.5) is 0 Å². The van der Waals surface area contributed by atoms with Crippen LogP contribution in [-0.4, -0.2) is 60.4 Å². The molecule has 6 heteroatoms. The second-order valence-electron chi connectivity index (χ2n) is 6.34. The standard InChI is InChI=1S/C17H27N3O3/c1-4-7-19-8-10-20(11-9-19)17(22)15(13(2)3)18-16(21)14-6-5-12-23-14/h5-6,12-13,15H,4,7-11H2,1-3H3,(H,18,21)/t15-/m0/s1. The van der Waals surface area contributed by atoms with Gasteiger partial charge in [-0.1, -0.05) is 20.8 Å². The molecule has 23 heavy (non-hydrogen) atoms. The third kappa shape index (κ3) is 4.58. The Bertz CT molecular complexity index is 505. The van der Waals surface area contributed by atoms with Gasteiger partial charge >= 0.3 is 0 Å². The fourth-order valence-corrected chi connectivity index (χ4v) is 2.84. The Morgan fingerprint density at radius 2 is 1.96 bits per heavy atom. The largest absolute Gasteiger partial charge is 0.459 e. The Kier molecular flexibility index (Phi) is 6.21. The van der Waals surface area contributed by atoms with E-state index in [1.807, 2.05) is 18.7 Å². The maximum absolute atomic E-state index is 12.8. The number of piperazine rings is 1. The van der Waals surface area contributed by atoms with Gasteiger partial charge in [0.2, 0.25) is 5.91 Å². The highest BCUT2D eigenvalue weighted by atomic mass is 16.3. The first-order valence-corrected chi connectivity index (χ1v) is 8.38. The van der Waals surface area contributed by atoms with Gasteiger partial charge in [-0.3, -0.25) is 14.5 Å². The van der Waals surface area contributed by atoms with Crippen molar-refractivity contribution in [2.24, 2.45) is 5.92 Å². The van der Waals surface area contributed by atoms with Crippen molar-refractivity contribution in [1.82, 2.24) is 15.1 Å². The van der Waals surface area contributed by atoms with Crippen LogP contribution in [0.5, 0.6) is 0 Å². The van der Waals surface area contributed by atoms with E-state index in [1.54, 1.807) is 12.1 Å². The van der Waals surface area contributed by atoms with E-state index >= 15 is 0 Å². The van der Waals surface area contributed by atoms with E-state index < -0.39 is 6.04 Å². The Balaban J connectivity index is 1.95. The Hall–Kier alpha value is -1.82. The summed E-state index contributed by atoms with van der Waals surface area (Å²) in [6.07, 6.45) is 2.58. The maximum Gasteiger partial charge on any atom is 0.287 e. The molecule has 6 nitrogen and oxygen atoms in total. The van der Waals surface area contributed by atoms with E-state index in [4.69, 9.17) is 4.42 Å². The minimum atomic E-state index is -0.523. The molecule has 2 heterocycles. The molecule has 1 fully saturated rings. The number of hydrogen-bond acceptors (Lipinski definition) is 4. The number of furan rings is 1. The number of nitrogens with one attached hydrogen (secondary N) is 1. The van der Waals surface area contributed by atoms with Gasteiger partial charge in [0.05, 0.1) is 6.26 Å². The number of carbonyl (C=O) groups is 2. The van der Waals surface area contributed by atoms with E-state index in [9.17, 15) is 9.59 Å². The molecule has 0 bridgehead atoms. The SMILES string of the molecule is CCCN1CCN(C(=O)[C@@H](NC(=O)c2ccco2)C(C)C)CC1. The smallest absolute Gasteiger partial charge is 0.287 e. The molecule has 128 valence electrons. The fourth-order valence-electron chi connectivity index (χ4n) is 2.84. The summed E-state index contributed by atoms with van der Waals surface area (Å²) in [5, 5.41) is 2.81. The van der Waals surface area contributed by atoms with E-state index in [1.165, 1.54) is 6.26 Å². The normalized spacial score (nSPS) is 17.3. The molecule has 0 unspecified atom stereocenters. The zero-order valence-corrected chi connectivity index (χ0v) is 14.2. The van der Waals surface area contributed by atoms with Crippen molar-refractivity contribution in [3.05, 3.63) is 24.2 Å². The number of rotatable bonds is 6. The number of nitrogens with zero attached hydrogens (tertiary/aromatic N) is 2. The fraction of sp³-hybridized carbons (Fsp3) is 0.647. The summed E-state index contributed by atoms with van der Waals surface area (Å²) in [6.45, 7) is 10.4. The van der Waals surface area contributed by atoms with Crippen LogP contribution in [-0.2, 0) is 4.79 Å². The molecule has 1 N–H and O–H groups in total. The van der Waals surface area contributed by atoms with Crippen molar-refractivity contribution < 1.29 is 14.0 Å². The summed E-state index contributed by atoms with van der Waals surface area (Å²) >= 11 is 0. The van der Waals surface area contributed by atoms with Crippen LogP contribution >= 0.6 is 0 Å². The van der Waals surface area contributed by atoms with E-state index in [0.29, 0.717) is 0 Å². The molecule has 1 aromatic rings. The van der Waals surface area contributed by atoms with Crippen molar-refractivity contribution in [2.75, 3.05) is 32.7 Å². The average molecular weight is 321 g/mol. The molecular formula is C17H27N3O3. The average Bonchev–Trinajstić information content (AvgIpc) is 3.07. The molecule has 0 aromatic carbocycles. The van der Waals surface area contributed by atoms with Crippen LogP contribution in [0.25, 0.3) is 0 Å². The molecule has 1 aromatic heterocycles. The number of hydrogen-bond donors (Lipinski definition) is 1. The summed E-state index contributed by atoms with van der Waals surface area (Å²) in [6, 6.07) is 2.74. The van der Waals surface area contributed by atoms with Crippen LogP contribution in [0.15, 0.2) is 22.8 Å². The van der Waals surface area contributed by atoms with Crippen LogP contribution in [0.2, 0.25) is 0 Å². The minimum absolute atomic E-state index is 0.00365. The van der Waals surface area contributed by atoms with Gasteiger partial charge in [0.15, 0.2) is 5.76 Å². The Labute approximate surface area is 137 Å². The summed E-state index contributed by atoms with van der Waals surface area (Å²) in [5.41, 5.74) is 0. The predicted molar refractivity (Wildman–Crippen MR) is 88.1 cm³/mol. The lowest BCUT2D eigenvalue weighted by molar-refractivity contribution is -0.136. The highest BCUT2D eigenvalue weighted by molar-refractivity contribution is 5.95. The molecule has 1 aliphatic heterocycles. The number of amides is 2. The van der Waals surface area contributed by atoms with Gasteiger partial charge in [0, 0.05) is 26.2 Å². The highest BCUT2D eigenvalue weighted by Crippen LogP contribution is 2.11. The van der Waals surface area contributed by atoms with Gasteiger partial charge in [-0.25, -0.2) is 0 Å². The zero-order chi connectivity index (χ0) is 16.8. The van der Waals surface area contributed by atoms with Crippen LogP contribution in [0.1, 0.15) is 37.7 Å². The van der Waals surface area contributed by atoms with Crippen molar-refractivity contribution in [1.29, 1.82) is 0 Å². The number of carbonyl (C=O) groups excluding carboxylic acids is 2. The second kappa shape index (κ2) is 8.15. The summed E-state index contributed by atoms with van der Waals surface area (Å²) < 4.78 is 5.10.